The number of thiazole rings is 1. The van der Waals surface area contributed by atoms with Crippen LogP contribution in [0.3, 0.4) is 0 Å². The van der Waals surface area contributed by atoms with Gasteiger partial charge in [-0.3, -0.25) is 14.2 Å². The second kappa shape index (κ2) is 12.9. The van der Waals surface area contributed by atoms with Crippen LogP contribution in [-0.4, -0.2) is 36.5 Å². The number of aromatic nitrogens is 1. The van der Waals surface area contributed by atoms with Crippen LogP contribution in [0.1, 0.15) is 43.5 Å². The molecule has 6 rings (SSSR count). The average molecular weight is 739 g/mol. The van der Waals surface area contributed by atoms with Crippen LogP contribution in [0.5, 0.6) is 23.0 Å². The van der Waals surface area contributed by atoms with Gasteiger partial charge in [-0.05, 0) is 77.9 Å². The highest BCUT2D eigenvalue weighted by Crippen LogP contribution is 2.40. The van der Waals surface area contributed by atoms with E-state index in [1.54, 1.807) is 37.3 Å². The van der Waals surface area contributed by atoms with E-state index in [0.717, 1.165) is 0 Å². The van der Waals surface area contributed by atoms with E-state index in [1.165, 1.54) is 22.8 Å². The maximum atomic E-state index is 14.3. The lowest BCUT2D eigenvalue weighted by Crippen LogP contribution is -2.40. The second-order valence-corrected chi connectivity index (χ2v) is 12.1. The Balaban J connectivity index is 1.60. The highest BCUT2D eigenvalue weighted by molar-refractivity contribution is 14.1. The summed E-state index contributed by atoms with van der Waals surface area (Å²) in [5.74, 6) is 0.750. The van der Waals surface area contributed by atoms with Gasteiger partial charge in [0.15, 0.2) is 27.8 Å². The Hall–Kier alpha value is -4.43. The number of hydrogen-bond donors (Lipinski definition) is 0. The van der Waals surface area contributed by atoms with E-state index in [1.807, 2.05) is 43.3 Å². The van der Waals surface area contributed by atoms with Gasteiger partial charge in [-0.15, -0.1) is 0 Å². The van der Waals surface area contributed by atoms with Crippen LogP contribution in [0.15, 0.2) is 76.0 Å². The van der Waals surface area contributed by atoms with Crippen molar-refractivity contribution in [2.75, 3.05) is 20.0 Å². The molecule has 0 saturated carbocycles. The number of nitrogens with zero attached hydrogens (tertiary/aromatic N) is 2. The first-order chi connectivity index (χ1) is 21.8. The highest BCUT2D eigenvalue weighted by atomic mass is 127. The van der Waals surface area contributed by atoms with Gasteiger partial charge in [-0.2, -0.15) is 0 Å². The van der Waals surface area contributed by atoms with E-state index >= 15 is 0 Å². The van der Waals surface area contributed by atoms with Crippen LogP contribution in [0.25, 0.3) is 11.8 Å². The lowest BCUT2D eigenvalue weighted by Gasteiger charge is -2.26. The van der Waals surface area contributed by atoms with E-state index in [-0.39, 0.29) is 24.5 Å². The molecule has 2 aliphatic rings. The molecule has 0 radical (unpaired) electrons. The number of hydrogen-bond acceptors (Lipinski definition) is 10. The number of fused-ring (bicyclic) bond motifs is 2. The summed E-state index contributed by atoms with van der Waals surface area (Å²) in [5, 5.41) is 0. The lowest BCUT2D eigenvalue weighted by molar-refractivity contribution is -0.139. The number of halogens is 1. The normalized spacial score (nSPS) is 15.4. The average Bonchev–Trinajstić information content (AvgIpc) is 3.62. The van der Waals surface area contributed by atoms with Gasteiger partial charge >= 0.3 is 11.9 Å². The molecule has 0 aliphatic carbocycles. The van der Waals surface area contributed by atoms with E-state index in [2.05, 4.69) is 22.6 Å². The van der Waals surface area contributed by atoms with Crippen LogP contribution in [-0.2, 0) is 14.3 Å². The minimum Gasteiger partial charge on any atom is -0.490 e. The summed E-state index contributed by atoms with van der Waals surface area (Å²) in [4.78, 5) is 45.0. The second-order valence-electron chi connectivity index (χ2n) is 9.90. The fourth-order valence-corrected chi connectivity index (χ4v) is 6.90. The molecule has 0 fully saturated rings. The van der Waals surface area contributed by atoms with Crippen LogP contribution >= 0.6 is 33.9 Å². The molecule has 1 atom stereocenters. The van der Waals surface area contributed by atoms with Crippen LogP contribution < -0.4 is 33.8 Å². The number of benzene rings is 3. The Morgan fingerprint density at radius 3 is 2.58 bits per heavy atom. The zero-order chi connectivity index (χ0) is 31.7. The third kappa shape index (κ3) is 5.99. The van der Waals surface area contributed by atoms with Crippen molar-refractivity contribution >= 4 is 57.6 Å². The fourth-order valence-electron chi connectivity index (χ4n) is 5.17. The molecule has 1 unspecified atom stereocenters. The molecular weight excluding hydrogens is 711 g/mol. The first-order valence-electron chi connectivity index (χ1n) is 14.1. The maximum absolute atomic E-state index is 14.3. The van der Waals surface area contributed by atoms with E-state index in [9.17, 15) is 14.4 Å². The van der Waals surface area contributed by atoms with E-state index in [0.29, 0.717) is 64.9 Å². The third-order valence-electron chi connectivity index (χ3n) is 6.96. The molecule has 10 nitrogen and oxygen atoms in total. The van der Waals surface area contributed by atoms with Crippen molar-refractivity contribution < 1.29 is 33.3 Å². The number of carbonyl (C=O) groups is 2. The van der Waals surface area contributed by atoms with Crippen molar-refractivity contribution in [2.45, 2.75) is 26.8 Å². The van der Waals surface area contributed by atoms with Gasteiger partial charge < -0.3 is 23.7 Å². The highest BCUT2D eigenvalue weighted by Gasteiger charge is 2.36. The Labute approximate surface area is 275 Å². The maximum Gasteiger partial charge on any atom is 0.338 e. The summed E-state index contributed by atoms with van der Waals surface area (Å²) in [6.45, 7) is 5.46. The van der Waals surface area contributed by atoms with Crippen LogP contribution in [0, 0.1) is 3.57 Å². The Kier molecular flexibility index (Phi) is 8.76. The van der Waals surface area contributed by atoms with Crippen molar-refractivity contribution in [1.29, 1.82) is 0 Å². The smallest absolute Gasteiger partial charge is 0.338 e. The van der Waals surface area contributed by atoms with Gasteiger partial charge in [-0.25, -0.2) is 9.79 Å². The summed E-state index contributed by atoms with van der Waals surface area (Å²) in [5.41, 5.74) is 2.32. The van der Waals surface area contributed by atoms with E-state index in [4.69, 9.17) is 28.7 Å². The van der Waals surface area contributed by atoms with Gasteiger partial charge in [0, 0.05) is 12.5 Å². The van der Waals surface area contributed by atoms with Gasteiger partial charge in [0.25, 0.3) is 5.56 Å². The quantitative estimate of drug-likeness (QED) is 0.147. The molecule has 0 amide bonds. The number of ether oxygens (including phenoxy) is 5. The SMILES string of the molecule is CCOC(=O)C1=C(c2ccccc2)N=c2sc(=Cc3cc(I)c(OC(C)=O)c(OCC)c3)c(=O)n2C1c1ccc2c(c1)OCO2. The van der Waals surface area contributed by atoms with Crippen molar-refractivity contribution in [1.82, 2.24) is 4.57 Å². The molecule has 2 aliphatic heterocycles. The zero-order valence-electron chi connectivity index (χ0n) is 24.5. The molecule has 45 heavy (non-hydrogen) atoms. The number of rotatable bonds is 8. The van der Waals surface area contributed by atoms with Crippen molar-refractivity contribution in [2.24, 2.45) is 4.99 Å². The van der Waals surface area contributed by atoms with Crippen LogP contribution in [0.2, 0.25) is 0 Å². The minimum atomic E-state index is -0.863. The molecule has 3 aromatic carbocycles. The number of carbonyl (C=O) groups excluding carboxylic acids is 2. The third-order valence-corrected chi connectivity index (χ3v) is 8.75. The van der Waals surface area contributed by atoms with Gasteiger partial charge in [0.1, 0.15) is 0 Å². The Morgan fingerprint density at radius 1 is 1.07 bits per heavy atom. The molecule has 0 N–H and O–H groups in total. The van der Waals surface area contributed by atoms with Gasteiger partial charge in [0.2, 0.25) is 6.79 Å². The Bertz CT molecular complexity index is 2030. The first kappa shape index (κ1) is 30.6. The first-order valence-corrected chi connectivity index (χ1v) is 16.0. The molecule has 4 aromatic rings. The summed E-state index contributed by atoms with van der Waals surface area (Å²) in [7, 11) is 0. The summed E-state index contributed by atoms with van der Waals surface area (Å²) in [6, 6.07) is 17.4. The Morgan fingerprint density at radius 2 is 1.84 bits per heavy atom. The van der Waals surface area contributed by atoms with Crippen molar-refractivity contribution in [3.63, 3.8) is 0 Å². The molecule has 1 aromatic heterocycles. The standard InChI is InChI=1S/C33H27IN2O8S/c1-4-40-25-14-19(13-22(34)30(25)44-18(3)37)15-26-31(38)36-29(21-11-12-23-24(16-21)43-17-42-23)27(32(39)41-5-2)28(35-33(36)45-26)20-9-7-6-8-10-20/h6-16,29H,4-5,17H2,1-3H3. The minimum absolute atomic E-state index is 0.0795. The van der Waals surface area contributed by atoms with Crippen molar-refractivity contribution in [3.05, 3.63) is 106 Å². The number of esters is 2. The lowest BCUT2D eigenvalue weighted by atomic mass is 9.93. The predicted octanol–water partition coefficient (Wildman–Crippen LogP) is 4.59. The predicted molar refractivity (Wildman–Crippen MR) is 175 cm³/mol. The summed E-state index contributed by atoms with van der Waals surface area (Å²) < 4.78 is 30.4. The van der Waals surface area contributed by atoms with Gasteiger partial charge in [0.05, 0.1) is 38.6 Å². The molecule has 230 valence electrons. The van der Waals surface area contributed by atoms with E-state index < -0.39 is 18.0 Å². The molecular formula is C33H27IN2O8S. The van der Waals surface area contributed by atoms with Crippen LogP contribution in [0.4, 0.5) is 0 Å². The fraction of sp³-hybridized carbons (Fsp3) is 0.212. The monoisotopic (exact) mass is 738 g/mol. The zero-order valence-corrected chi connectivity index (χ0v) is 27.5. The topological polar surface area (TPSA) is 115 Å². The molecule has 0 spiro atoms. The molecule has 0 saturated heterocycles. The molecule has 0 bridgehead atoms. The molecule has 3 heterocycles. The van der Waals surface area contributed by atoms with Crippen molar-refractivity contribution in [3.8, 4) is 23.0 Å². The summed E-state index contributed by atoms with van der Waals surface area (Å²) in [6.07, 6.45) is 1.74. The largest absolute Gasteiger partial charge is 0.490 e. The molecule has 12 heteroatoms. The summed E-state index contributed by atoms with van der Waals surface area (Å²) >= 11 is 3.27. The van der Waals surface area contributed by atoms with Gasteiger partial charge in [-0.1, -0.05) is 47.7 Å².